The van der Waals surface area contributed by atoms with E-state index in [1.54, 1.807) is 13.8 Å². The number of esters is 2. The minimum atomic E-state index is -1.16. The molecule has 0 radical (unpaired) electrons. The van der Waals surface area contributed by atoms with E-state index in [1.807, 2.05) is 0 Å². The standard InChI is InChI=1S/C11H19NO4/c1-3-15-9(13)11(10(14)16-4-2)6-5-8(12)7-11/h8H,3-7,12H2,1-2H3/t8-/m1/s1. The average molecular weight is 229 g/mol. The molecule has 0 aliphatic heterocycles. The van der Waals surface area contributed by atoms with Gasteiger partial charge in [0, 0.05) is 6.04 Å². The maximum atomic E-state index is 11.9. The highest BCUT2D eigenvalue weighted by Gasteiger charge is 2.53. The van der Waals surface area contributed by atoms with Gasteiger partial charge in [0.25, 0.3) is 0 Å². The molecule has 92 valence electrons. The van der Waals surface area contributed by atoms with Crippen LogP contribution in [0.2, 0.25) is 0 Å². The normalized spacial score (nSPS) is 22.8. The van der Waals surface area contributed by atoms with Gasteiger partial charge in [-0.1, -0.05) is 0 Å². The maximum absolute atomic E-state index is 11.9. The molecule has 0 bridgehead atoms. The smallest absolute Gasteiger partial charge is 0.323 e. The Morgan fingerprint density at radius 3 is 2.06 bits per heavy atom. The molecule has 0 saturated heterocycles. The zero-order valence-corrected chi connectivity index (χ0v) is 9.82. The van der Waals surface area contributed by atoms with Crippen molar-refractivity contribution in [2.45, 2.75) is 39.2 Å². The van der Waals surface area contributed by atoms with Gasteiger partial charge in [0.15, 0.2) is 5.41 Å². The molecule has 0 spiro atoms. The first-order valence-corrected chi connectivity index (χ1v) is 5.66. The summed E-state index contributed by atoms with van der Waals surface area (Å²) in [7, 11) is 0. The molecule has 1 fully saturated rings. The summed E-state index contributed by atoms with van der Waals surface area (Å²) in [6.45, 7) is 3.95. The summed E-state index contributed by atoms with van der Waals surface area (Å²) in [6, 6.07) is -0.131. The Hall–Kier alpha value is -1.10. The molecule has 0 aromatic rings. The van der Waals surface area contributed by atoms with Crippen molar-refractivity contribution < 1.29 is 19.1 Å². The van der Waals surface area contributed by atoms with Crippen molar-refractivity contribution in [3.8, 4) is 0 Å². The molecule has 0 heterocycles. The van der Waals surface area contributed by atoms with Crippen molar-refractivity contribution >= 4 is 11.9 Å². The molecule has 2 N–H and O–H groups in total. The van der Waals surface area contributed by atoms with Crippen molar-refractivity contribution in [3.63, 3.8) is 0 Å². The summed E-state index contributed by atoms with van der Waals surface area (Å²) < 4.78 is 9.90. The Morgan fingerprint density at radius 2 is 1.75 bits per heavy atom. The van der Waals surface area contributed by atoms with Crippen LogP contribution < -0.4 is 5.73 Å². The third kappa shape index (κ3) is 2.35. The van der Waals surface area contributed by atoms with Crippen molar-refractivity contribution in [3.05, 3.63) is 0 Å². The lowest BCUT2D eigenvalue weighted by atomic mass is 9.86. The molecule has 0 unspecified atom stereocenters. The Morgan fingerprint density at radius 1 is 1.25 bits per heavy atom. The highest BCUT2D eigenvalue weighted by Crippen LogP contribution is 2.40. The van der Waals surface area contributed by atoms with Crippen LogP contribution in [0.25, 0.3) is 0 Å². The zero-order valence-electron chi connectivity index (χ0n) is 9.82. The summed E-state index contributed by atoms with van der Waals surface area (Å²) in [5.74, 6) is -0.997. The monoisotopic (exact) mass is 229 g/mol. The van der Waals surface area contributed by atoms with Gasteiger partial charge in [-0.25, -0.2) is 0 Å². The number of hydrogen-bond donors (Lipinski definition) is 1. The summed E-state index contributed by atoms with van der Waals surface area (Å²) in [5, 5.41) is 0. The third-order valence-corrected chi connectivity index (χ3v) is 2.88. The molecule has 1 atom stereocenters. The number of carbonyl (C=O) groups is 2. The molecule has 0 aromatic heterocycles. The lowest BCUT2D eigenvalue weighted by Crippen LogP contribution is -2.41. The van der Waals surface area contributed by atoms with Crippen LogP contribution in [0.5, 0.6) is 0 Å². The van der Waals surface area contributed by atoms with E-state index in [4.69, 9.17) is 15.2 Å². The highest BCUT2D eigenvalue weighted by atomic mass is 16.6. The number of rotatable bonds is 4. The quantitative estimate of drug-likeness (QED) is 0.564. The van der Waals surface area contributed by atoms with Gasteiger partial charge in [-0.3, -0.25) is 9.59 Å². The van der Waals surface area contributed by atoms with E-state index in [2.05, 4.69) is 0 Å². The van der Waals surface area contributed by atoms with E-state index in [0.29, 0.717) is 19.3 Å². The molecule has 1 rings (SSSR count). The molecular formula is C11H19NO4. The lowest BCUT2D eigenvalue weighted by molar-refractivity contribution is -0.171. The number of carbonyl (C=O) groups excluding carboxylic acids is 2. The fourth-order valence-electron chi connectivity index (χ4n) is 2.08. The van der Waals surface area contributed by atoms with E-state index in [9.17, 15) is 9.59 Å². The Labute approximate surface area is 95.3 Å². The highest BCUT2D eigenvalue weighted by molar-refractivity contribution is 6.00. The number of ether oxygens (including phenoxy) is 2. The largest absolute Gasteiger partial charge is 0.465 e. The van der Waals surface area contributed by atoms with Crippen LogP contribution in [0.1, 0.15) is 33.1 Å². The van der Waals surface area contributed by atoms with Crippen molar-refractivity contribution in [2.75, 3.05) is 13.2 Å². The molecule has 1 aliphatic carbocycles. The van der Waals surface area contributed by atoms with E-state index >= 15 is 0 Å². The van der Waals surface area contributed by atoms with Gasteiger partial charge in [-0.2, -0.15) is 0 Å². The zero-order chi connectivity index (χ0) is 12.2. The molecule has 0 aromatic carbocycles. The third-order valence-electron chi connectivity index (χ3n) is 2.88. The Balaban J connectivity index is 2.85. The predicted octanol–water partition coefficient (Wildman–Crippen LogP) is 0.610. The Bertz CT molecular complexity index is 259. The molecule has 0 amide bonds. The van der Waals surface area contributed by atoms with Gasteiger partial charge < -0.3 is 15.2 Å². The minimum Gasteiger partial charge on any atom is -0.465 e. The van der Waals surface area contributed by atoms with E-state index in [1.165, 1.54) is 0 Å². The summed E-state index contributed by atoms with van der Waals surface area (Å²) in [4.78, 5) is 23.7. The lowest BCUT2D eigenvalue weighted by Gasteiger charge is -2.24. The topological polar surface area (TPSA) is 78.6 Å². The number of nitrogens with two attached hydrogens (primary N) is 1. The van der Waals surface area contributed by atoms with Crippen LogP contribution >= 0.6 is 0 Å². The van der Waals surface area contributed by atoms with Gasteiger partial charge in [0.2, 0.25) is 0 Å². The predicted molar refractivity (Wildman–Crippen MR) is 57.5 cm³/mol. The van der Waals surface area contributed by atoms with Crippen LogP contribution in [0.3, 0.4) is 0 Å². The van der Waals surface area contributed by atoms with Crippen LogP contribution in [0.15, 0.2) is 0 Å². The molecule has 1 aliphatic rings. The van der Waals surface area contributed by atoms with Crippen LogP contribution in [-0.2, 0) is 19.1 Å². The summed E-state index contributed by atoms with van der Waals surface area (Å²) in [5.41, 5.74) is 4.60. The molecule has 16 heavy (non-hydrogen) atoms. The average Bonchev–Trinajstić information content (AvgIpc) is 2.63. The first-order chi connectivity index (χ1) is 7.56. The first-order valence-electron chi connectivity index (χ1n) is 5.66. The minimum absolute atomic E-state index is 0.131. The molecular weight excluding hydrogens is 210 g/mol. The second-order valence-corrected chi connectivity index (χ2v) is 4.03. The van der Waals surface area contributed by atoms with Gasteiger partial charge in [-0.05, 0) is 33.1 Å². The molecule has 5 heteroatoms. The van der Waals surface area contributed by atoms with E-state index in [-0.39, 0.29) is 19.3 Å². The molecule has 5 nitrogen and oxygen atoms in total. The van der Waals surface area contributed by atoms with Crippen LogP contribution in [0.4, 0.5) is 0 Å². The summed E-state index contributed by atoms with van der Waals surface area (Å²) >= 11 is 0. The van der Waals surface area contributed by atoms with Crippen molar-refractivity contribution in [1.82, 2.24) is 0 Å². The van der Waals surface area contributed by atoms with Crippen LogP contribution in [0, 0.1) is 5.41 Å². The fraction of sp³-hybridized carbons (Fsp3) is 0.818. The van der Waals surface area contributed by atoms with Gasteiger partial charge >= 0.3 is 11.9 Å². The summed E-state index contributed by atoms with van der Waals surface area (Å²) in [6.07, 6.45) is 1.40. The Kier molecular flexibility index (Phi) is 4.29. The van der Waals surface area contributed by atoms with E-state index in [0.717, 1.165) is 0 Å². The van der Waals surface area contributed by atoms with Crippen molar-refractivity contribution in [2.24, 2.45) is 11.1 Å². The SMILES string of the molecule is CCOC(=O)C1(C(=O)OCC)CC[C@@H](N)C1. The van der Waals surface area contributed by atoms with Crippen LogP contribution in [-0.4, -0.2) is 31.2 Å². The van der Waals surface area contributed by atoms with E-state index < -0.39 is 17.4 Å². The second kappa shape index (κ2) is 5.30. The van der Waals surface area contributed by atoms with Gasteiger partial charge in [-0.15, -0.1) is 0 Å². The number of hydrogen-bond acceptors (Lipinski definition) is 5. The second-order valence-electron chi connectivity index (χ2n) is 4.03. The van der Waals surface area contributed by atoms with Gasteiger partial charge in [0.1, 0.15) is 0 Å². The first kappa shape index (κ1) is 13.0. The maximum Gasteiger partial charge on any atom is 0.323 e. The van der Waals surface area contributed by atoms with Crippen molar-refractivity contribution in [1.29, 1.82) is 0 Å². The van der Waals surface area contributed by atoms with Gasteiger partial charge in [0.05, 0.1) is 13.2 Å². The molecule has 1 saturated carbocycles. The fourth-order valence-corrected chi connectivity index (χ4v) is 2.08.